The van der Waals surface area contributed by atoms with Crippen molar-refractivity contribution in [3.8, 4) is 0 Å². The topological polar surface area (TPSA) is 112 Å². The van der Waals surface area contributed by atoms with E-state index in [0.717, 1.165) is 12.1 Å². The van der Waals surface area contributed by atoms with Crippen molar-refractivity contribution in [3.63, 3.8) is 0 Å². The van der Waals surface area contributed by atoms with Gasteiger partial charge in [0.1, 0.15) is 30.5 Å². The zero-order valence-corrected chi connectivity index (χ0v) is 17.9. The predicted octanol–water partition coefficient (Wildman–Crippen LogP) is 0.802. The summed E-state index contributed by atoms with van der Waals surface area (Å²) in [6.07, 6.45) is 0.446. The lowest BCUT2D eigenvalue weighted by Gasteiger charge is -2.53. The third-order valence-corrected chi connectivity index (χ3v) is 6.05. The third-order valence-electron chi connectivity index (χ3n) is 5.71. The highest BCUT2D eigenvalue weighted by Crippen LogP contribution is 2.37. The number of benzene rings is 1. The van der Waals surface area contributed by atoms with Crippen LogP contribution in [0, 0.1) is 17.6 Å². The van der Waals surface area contributed by atoms with E-state index in [2.05, 4.69) is 21.3 Å². The van der Waals surface area contributed by atoms with Gasteiger partial charge in [-0.3, -0.25) is 9.59 Å². The van der Waals surface area contributed by atoms with Crippen LogP contribution in [0.4, 0.5) is 8.78 Å². The summed E-state index contributed by atoms with van der Waals surface area (Å²) in [6, 6.07) is 3.07. The van der Waals surface area contributed by atoms with Gasteiger partial charge in [-0.05, 0) is 31.0 Å². The van der Waals surface area contributed by atoms with E-state index in [-0.39, 0.29) is 29.0 Å². The highest BCUT2D eigenvalue weighted by molar-refractivity contribution is 6.42. The number of aliphatic hydroxyl groups excluding tert-OH is 1. The van der Waals surface area contributed by atoms with Gasteiger partial charge in [-0.2, -0.15) is 0 Å². The van der Waals surface area contributed by atoms with Crippen LogP contribution in [0.1, 0.15) is 25.8 Å². The minimum absolute atomic E-state index is 0.0760. The van der Waals surface area contributed by atoms with Crippen molar-refractivity contribution in [1.82, 2.24) is 21.3 Å². The molecule has 3 rings (SSSR count). The van der Waals surface area contributed by atoms with Crippen molar-refractivity contribution < 1.29 is 28.2 Å². The second-order valence-corrected chi connectivity index (χ2v) is 8.30. The molecule has 170 valence electrons. The molecule has 1 aromatic carbocycles. The maximum atomic E-state index is 14.0. The van der Waals surface area contributed by atoms with Gasteiger partial charge in [-0.1, -0.05) is 25.4 Å². The highest BCUT2D eigenvalue weighted by atomic mass is 35.5. The number of hydrogen-bond acceptors (Lipinski definition) is 6. The second-order valence-electron chi connectivity index (χ2n) is 7.92. The van der Waals surface area contributed by atoms with Gasteiger partial charge in [0.2, 0.25) is 11.8 Å². The molecule has 5 N–H and O–H groups in total. The molecule has 31 heavy (non-hydrogen) atoms. The molecule has 8 nitrogen and oxygen atoms in total. The first-order valence-corrected chi connectivity index (χ1v) is 10.2. The molecular formula is C20H25ClF2N4O4. The predicted molar refractivity (Wildman–Crippen MR) is 108 cm³/mol. The Morgan fingerprint density at radius 3 is 2.68 bits per heavy atom. The summed E-state index contributed by atoms with van der Waals surface area (Å²) in [7, 11) is 0. The van der Waals surface area contributed by atoms with Crippen LogP contribution in [-0.4, -0.2) is 47.8 Å². The Morgan fingerprint density at radius 2 is 2.10 bits per heavy atom. The van der Waals surface area contributed by atoms with Crippen molar-refractivity contribution in [1.29, 1.82) is 0 Å². The SMILES string of the molecule is CC(C)C1([C@@]2(NC(=O)CO)CCNC2)NC(=O)C(Cl)=C(OCc2ccc(F)cc2F)N1. The Balaban J connectivity index is 1.94. The number of carbonyl (C=O) groups is 2. The molecular weight excluding hydrogens is 434 g/mol. The van der Waals surface area contributed by atoms with E-state index in [1.165, 1.54) is 6.07 Å². The lowest BCUT2D eigenvalue weighted by atomic mass is 9.74. The van der Waals surface area contributed by atoms with Crippen molar-refractivity contribution in [2.24, 2.45) is 5.92 Å². The molecule has 1 aromatic rings. The fourth-order valence-corrected chi connectivity index (χ4v) is 4.26. The zero-order chi connectivity index (χ0) is 22.8. The van der Waals surface area contributed by atoms with E-state index in [1.54, 1.807) is 0 Å². The molecule has 0 aliphatic carbocycles. The molecule has 0 aromatic heterocycles. The van der Waals surface area contributed by atoms with E-state index in [0.29, 0.717) is 19.5 Å². The van der Waals surface area contributed by atoms with Gasteiger partial charge < -0.3 is 31.1 Å². The molecule has 2 amide bonds. The molecule has 1 saturated heterocycles. The molecule has 0 spiro atoms. The summed E-state index contributed by atoms with van der Waals surface area (Å²) < 4.78 is 32.8. The van der Waals surface area contributed by atoms with Crippen molar-refractivity contribution in [3.05, 3.63) is 46.3 Å². The van der Waals surface area contributed by atoms with Gasteiger partial charge >= 0.3 is 0 Å². The molecule has 2 atom stereocenters. The van der Waals surface area contributed by atoms with Gasteiger partial charge in [0.15, 0.2) is 5.03 Å². The number of ether oxygens (including phenoxy) is 1. The summed E-state index contributed by atoms with van der Waals surface area (Å²) in [5, 5.41) is 21.0. The van der Waals surface area contributed by atoms with Crippen molar-refractivity contribution >= 4 is 23.4 Å². The fraction of sp³-hybridized carbons (Fsp3) is 0.500. The summed E-state index contributed by atoms with van der Waals surface area (Å²) in [6.45, 7) is 3.53. The molecule has 2 aliphatic heterocycles. The fourth-order valence-electron chi connectivity index (χ4n) is 4.11. The van der Waals surface area contributed by atoms with Gasteiger partial charge in [0.05, 0.1) is 5.54 Å². The Morgan fingerprint density at radius 1 is 1.35 bits per heavy atom. The maximum Gasteiger partial charge on any atom is 0.270 e. The number of nitrogens with one attached hydrogen (secondary N) is 4. The average molecular weight is 459 g/mol. The highest BCUT2D eigenvalue weighted by Gasteiger charge is 2.59. The molecule has 11 heteroatoms. The first-order chi connectivity index (χ1) is 14.6. The Kier molecular flexibility index (Phi) is 6.73. The number of amides is 2. The van der Waals surface area contributed by atoms with E-state index < -0.39 is 41.3 Å². The molecule has 2 heterocycles. The first-order valence-electron chi connectivity index (χ1n) is 9.84. The Labute approximate surface area is 183 Å². The molecule has 0 radical (unpaired) electrons. The average Bonchev–Trinajstić information content (AvgIpc) is 3.19. The van der Waals surface area contributed by atoms with E-state index in [9.17, 15) is 23.5 Å². The van der Waals surface area contributed by atoms with Gasteiger partial charge in [0, 0.05) is 18.2 Å². The molecule has 0 saturated carbocycles. The van der Waals surface area contributed by atoms with E-state index in [1.807, 2.05) is 13.8 Å². The molecule has 1 fully saturated rings. The van der Waals surface area contributed by atoms with Crippen LogP contribution in [-0.2, 0) is 20.9 Å². The van der Waals surface area contributed by atoms with Crippen LogP contribution >= 0.6 is 11.6 Å². The monoisotopic (exact) mass is 458 g/mol. The standard InChI is InChI=1S/C20H25ClF2N4O4/c1-11(2)20(19(5-6-24-10-19)25-15(29)8-28)26-17(30)16(21)18(27-20)31-9-12-3-4-13(22)7-14(12)23/h3-4,7,11,24,27-28H,5-6,8-10H2,1-2H3,(H,25,29)(H,26,30)/t19-,20?/m1/s1. The van der Waals surface area contributed by atoms with Crippen molar-refractivity contribution in [2.75, 3.05) is 19.7 Å². The number of halogens is 3. The summed E-state index contributed by atoms with van der Waals surface area (Å²) in [5.41, 5.74) is -2.16. The van der Waals surface area contributed by atoms with Gasteiger partial charge in [-0.15, -0.1) is 0 Å². The summed E-state index contributed by atoms with van der Waals surface area (Å²) in [5.74, 6) is -3.11. The number of hydrogen-bond donors (Lipinski definition) is 5. The van der Waals surface area contributed by atoms with Crippen LogP contribution in [0.2, 0.25) is 0 Å². The smallest absolute Gasteiger partial charge is 0.270 e. The van der Waals surface area contributed by atoms with Crippen LogP contribution in [0.25, 0.3) is 0 Å². The van der Waals surface area contributed by atoms with Crippen LogP contribution < -0.4 is 21.3 Å². The number of carbonyl (C=O) groups excluding carboxylic acids is 2. The Bertz CT molecular complexity index is 905. The van der Waals surface area contributed by atoms with Crippen molar-refractivity contribution in [2.45, 2.75) is 38.1 Å². The molecule has 0 bridgehead atoms. The maximum absolute atomic E-state index is 14.0. The quantitative estimate of drug-likeness (QED) is 0.413. The van der Waals surface area contributed by atoms with Gasteiger partial charge in [0.25, 0.3) is 5.91 Å². The lowest BCUT2D eigenvalue weighted by molar-refractivity contribution is -0.131. The molecule has 1 unspecified atom stereocenters. The minimum Gasteiger partial charge on any atom is -0.473 e. The third kappa shape index (κ3) is 4.32. The van der Waals surface area contributed by atoms with Crippen LogP contribution in [0.3, 0.4) is 0 Å². The largest absolute Gasteiger partial charge is 0.473 e. The number of aliphatic hydroxyl groups is 1. The zero-order valence-electron chi connectivity index (χ0n) is 17.2. The van der Waals surface area contributed by atoms with E-state index >= 15 is 0 Å². The first kappa shape index (κ1) is 23.2. The minimum atomic E-state index is -1.23. The normalized spacial score (nSPS) is 26.0. The van der Waals surface area contributed by atoms with E-state index in [4.69, 9.17) is 16.3 Å². The Hall–Kier alpha value is -2.43. The van der Waals surface area contributed by atoms with Crippen LogP contribution in [0.15, 0.2) is 29.1 Å². The summed E-state index contributed by atoms with van der Waals surface area (Å²) in [4.78, 5) is 24.9. The summed E-state index contributed by atoms with van der Waals surface area (Å²) >= 11 is 6.16. The van der Waals surface area contributed by atoms with Gasteiger partial charge in [-0.25, -0.2) is 8.78 Å². The molecule has 2 aliphatic rings. The second kappa shape index (κ2) is 8.97. The van der Waals surface area contributed by atoms with Crippen LogP contribution in [0.5, 0.6) is 0 Å². The lowest BCUT2D eigenvalue weighted by Crippen LogP contribution is -2.81. The number of rotatable bonds is 7.